The number of nitrogens with zero attached hydrogens (tertiary/aromatic N) is 1. The maximum absolute atomic E-state index is 10.9. The molecule has 0 radical (unpaired) electrons. The van der Waals surface area contributed by atoms with Crippen LogP contribution >= 0.6 is 24.0 Å². The Labute approximate surface area is 195 Å². The van der Waals surface area contributed by atoms with Crippen LogP contribution in [-0.2, 0) is 17.8 Å². The van der Waals surface area contributed by atoms with Gasteiger partial charge < -0.3 is 25.8 Å². The van der Waals surface area contributed by atoms with Crippen molar-refractivity contribution < 1.29 is 14.3 Å². The Morgan fingerprint density at radius 1 is 1.13 bits per heavy atom. The molecule has 0 aliphatic carbocycles. The molecule has 2 aromatic carbocycles. The van der Waals surface area contributed by atoms with E-state index < -0.39 is 5.91 Å². The van der Waals surface area contributed by atoms with Crippen LogP contribution in [0.1, 0.15) is 23.6 Å². The number of hydrogen-bond donors (Lipinski definition) is 3. The number of carbonyl (C=O) groups is 1. The number of aliphatic imine (C=N–C) groups is 1. The largest absolute Gasteiger partial charge is 0.496 e. The summed E-state index contributed by atoms with van der Waals surface area (Å²) in [6.07, 6.45) is 0.859. The number of guanidine groups is 1. The van der Waals surface area contributed by atoms with Crippen molar-refractivity contribution in [3.63, 3.8) is 0 Å². The standard InChI is InChI=1S/C22H30N4O3.HI/c1-4-24-22(25-11-10-17-9-8-16(2)20(13-17)28-3)26-14-18-6-5-7-19(12-18)29-15-21(23)27;/h5-9,12-13H,4,10-11,14-15H2,1-3H3,(H2,23,27)(H2,24,25,26);1H. The number of benzene rings is 2. The third-order valence-electron chi connectivity index (χ3n) is 4.22. The van der Waals surface area contributed by atoms with E-state index in [1.54, 1.807) is 13.2 Å². The van der Waals surface area contributed by atoms with Crippen LogP contribution in [0.15, 0.2) is 47.5 Å². The molecule has 30 heavy (non-hydrogen) atoms. The van der Waals surface area contributed by atoms with E-state index >= 15 is 0 Å². The quantitative estimate of drug-likeness (QED) is 0.251. The monoisotopic (exact) mass is 526 g/mol. The Morgan fingerprint density at radius 2 is 1.93 bits per heavy atom. The molecule has 0 spiro atoms. The Morgan fingerprint density at radius 3 is 2.63 bits per heavy atom. The van der Waals surface area contributed by atoms with Crippen molar-refractivity contribution in [3.8, 4) is 11.5 Å². The number of halogens is 1. The first-order valence-corrected chi connectivity index (χ1v) is 9.67. The molecule has 0 heterocycles. The Kier molecular flexibility index (Phi) is 11.7. The van der Waals surface area contributed by atoms with Gasteiger partial charge in [0.05, 0.1) is 13.7 Å². The second-order valence-electron chi connectivity index (χ2n) is 6.58. The minimum Gasteiger partial charge on any atom is -0.496 e. The second kappa shape index (κ2) is 13.7. The van der Waals surface area contributed by atoms with Gasteiger partial charge in [0, 0.05) is 13.1 Å². The van der Waals surface area contributed by atoms with Crippen LogP contribution in [0.5, 0.6) is 11.5 Å². The van der Waals surface area contributed by atoms with Crippen molar-refractivity contribution in [2.75, 3.05) is 26.8 Å². The maximum atomic E-state index is 10.9. The van der Waals surface area contributed by atoms with E-state index in [0.717, 1.165) is 42.3 Å². The van der Waals surface area contributed by atoms with Crippen molar-refractivity contribution in [3.05, 3.63) is 59.2 Å². The first-order valence-electron chi connectivity index (χ1n) is 9.67. The Bertz CT molecular complexity index is 843. The number of amides is 1. The number of primary amides is 1. The van der Waals surface area contributed by atoms with E-state index in [4.69, 9.17) is 15.2 Å². The van der Waals surface area contributed by atoms with Crippen LogP contribution in [0.25, 0.3) is 0 Å². The van der Waals surface area contributed by atoms with Crippen LogP contribution < -0.4 is 25.8 Å². The highest BCUT2D eigenvalue weighted by Gasteiger charge is 2.03. The van der Waals surface area contributed by atoms with Gasteiger partial charge in [-0.15, -0.1) is 24.0 Å². The highest BCUT2D eigenvalue weighted by molar-refractivity contribution is 14.0. The summed E-state index contributed by atoms with van der Waals surface area (Å²) in [6, 6.07) is 13.7. The molecule has 164 valence electrons. The summed E-state index contributed by atoms with van der Waals surface area (Å²) in [5.74, 6) is 1.75. The van der Waals surface area contributed by atoms with Crippen LogP contribution in [0.2, 0.25) is 0 Å². The molecule has 0 unspecified atom stereocenters. The fraction of sp³-hybridized carbons (Fsp3) is 0.364. The summed E-state index contributed by atoms with van der Waals surface area (Å²) in [6.45, 7) is 5.93. The first-order chi connectivity index (χ1) is 14.0. The Balaban J connectivity index is 0.00000450. The van der Waals surface area contributed by atoms with Gasteiger partial charge in [-0.05, 0) is 55.2 Å². The predicted octanol–water partition coefficient (Wildman–Crippen LogP) is 2.78. The van der Waals surface area contributed by atoms with Crippen molar-refractivity contribution in [1.29, 1.82) is 0 Å². The lowest BCUT2D eigenvalue weighted by molar-refractivity contribution is -0.119. The van der Waals surface area contributed by atoms with Gasteiger partial charge in [0.2, 0.25) is 0 Å². The zero-order valence-corrected chi connectivity index (χ0v) is 20.1. The molecule has 0 atom stereocenters. The lowest BCUT2D eigenvalue weighted by Gasteiger charge is -2.12. The van der Waals surface area contributed by atoms with E-state index in [0.29, 0.717) is 12.3 Å². The van der Waals surface area contributed by atoms with E-state index in [1.807, 2.05) is 32.0 Å². The molecule has 2 aromatic rings. The average Bonchev–Trinajstić information content (AvgIpc) is 2.72. The number of ether oxygens (including phenoxy) is 2. The molecular formula is C22H31IN4O3. The minimum atomic E-state index is -0.502. The smallest absolute Gasteiger partial charge is 0.255 e. The highest BCUT2D eigenvalue weighted by Crippen LogP contribution is 2.19. The van der Waals surface area contributed by atoms with Crippen LogP contribution in [-0.4, -0.2) is 38.7 Å². The lowest BCUT2D eigenvalue weighted by Crippen LogP contribution is -2.38. The van der Waals surface area contributed by atoms with E-state index in [-0.39, 0.29) is 30.6 Å². The fourth-order valence-electron chi connectivity index (χ4n) is 2.75. The van der Waals surface area contributed by atoms with E-state index in [2.05, 4.69) is 33.8 Å². The Hall–Kier alpha value is -2.49. The molecule has 0 saturated carbocycles. The first kappa shape index (κ1) is 25.5. The summed E-state index contributed by atoms with van der Waals surface area (Å²) in [5, 5.41) is 6.60. The molecule has 0 bridgehead atoms. The SMILES string of the molecule is CCNC(=NCc1cccc(OCC(N)=O)c1)NCCc1ccc(C)c(OC)c1.I. The molecule has 0 aromatic heterocycles. The summed E-state index contributed by atoms with van der Waals surface area (Å²) in [5.41, 5.74) is 8.42. The second-order valence-corrected chi connectivity index (χ2v) is 6.58. The molecule has 8 heteroatoms. The molecule has 2 rings (SSSR count). The van der Waals surface area contributed by atoms with Crippen LogP contribution in [0, 0.1) is 6.92 Å². The molecule has 7 nitrogen and oxygen atoms in total. The number of nitrogens with two attached hydrogens (primary N) is 1. The zero-order chi connectivity index (χ0) is 21.1. The summed E-state index contributed by atoms with van der Waals surface area (Å²) in [4.78, 5) is 15.5. The van der Waals surface area contributed by atoms with Gasteiger partial charge in [-0.1, -0.05) is 24.3 Å². The number of rotatable bonds is 10. The molecule has 1 amide bonds. The average molecular weight is 526 g/mol. The topological polar surface area (TPSA) is 98.0 Å². The van der Waals surface area contributed by atoms with Crippen molar-refractivity contribution >= 4 is 35.8 Å². The van der Waals surface area contributed by atoms with Gasteiger partial charge in [0.1, 0.15) is 11.5 Å². The maximum Gasteiger partial charge on any atom is 0.255 e. The molecule has 0 fully saturated rings. The van der Waals surface area contributed by atoms with Gasteiger partial charge in [-0.3, -0.25) is 4.79 Å². The van der Waals surface area contributed by atoms with Crippen molar-refractivity contribution in [2.45, 2.75) is 26.8 Å². The molecular weight excluding hydrogens is 495 g/mol. The third kappa shape index (κ3) is 8.89. The number of aryl methyl sites for hydroxylation is 1. The molecule has 0 aliphatic rings. The van der Waals surface area contributed by atoms with Crippen LogP contribution in [0.3, 0.4) is 0 Å². The number of nitrogens with one attached hydrogen (secondary N) is 2. The lowest BCUT2D eigenvalue weighted by atomic mass is 10.1. The highest BCUT2D eigenvalue weighted by atomic mass is 127. The normalized spacial score (nSPS) is 10.7. The van der Waals surface area contributed by atoms with Gasteiger partial charge in [-0.2, -0.15) is 0 Å². The fourth-order valence-corrected chi connectivity index (χ4v) is 2.75. The zero-order valence-electron chi connectivity index (χ0n) is 17.7. The molecule has 4 N–H and O–H groups in total. The van der Waals surface area contributed by atoms with Gasteiger partial charge in [0.25, 0.3) is 5.91 Å². The van der Waals surface area contributed by atoms with Crippen LogP contribution in [0.4, 0.5) is 0 Å². The number of methoxy groups -OCH3 is 1. The predicted molar refractivity (Wildman–Crippen MR) is 131 cm³/mol. The number of hydrogen-bond acceptors (Lipinski definition) is 4. The molecule has 0 aliphatic heterocycles. The number of carbonyl (C=O) groups excluding carboxylic acids is 1. The van der Waals surface area contributed by atoms with E-state index in [9.17, 15) is 4.79 Å². The van der Waals surface area contributed by atoms with Gasteiger partial charge in [0.15, 0.2) is 12.6 Å². The van der Waals surface area contributed by atoms with Crippen molar-refractivity contribution in [2.24, 2.45) is 10.7 Å². The summed E-state index contributed by atoms with van der Waals surface area (Å²) in [7, 11) is 1.69. The third-order valence-corrected chi connectivity index (χ3v) is 4.22. The molecule has 0 saturated heterocycles. The van der Waals surface area contributed by atoms with Gasteiger partial charge >= 0.3 is 0 Å². The minimum absolute atomic E-state index is 0. The van der Waals surface area contributed by atoms with Crippen molar-refractivity contribution in [1.82, 2.24) is 10.6 Å². The summed E-state index contributed by atoms with van der Waals surface area (Å²) < 4.78 is 10.7. The van der Waals surface area contributed by atoms with E-state index in [1.165, 1.54) is 5.56 Å². The summed E-state index contributed by atoms with van der Waals surface area (Å²) >= 11 is 0. The van der Waals surface area contributed by atoms with Gasteiger partial charge in [-0.25, -0.2) is 4.99 Å².